The van der Waals surface area contributed by atoms with Crippen molar-refractivity contribution in [2.75, 3.05) is 12.3 Å². The molecule has 0 fully saturated rings. The standard InChI is InChI=1S/C16H17NO2/c1-11-3-4-13(9-12(11)2)16(18)10-19-15-7-5-14(17)6-8-15/h3-9H,10,17H2,1-2H3. The van der Waals surface area contributed by atoms with Crippen LogP contribution in [-0.4, -0.2) is 12.4 Å². The van der Waals surface area contributed by atoms with E-state index in [2.05, 4.69) is 0 Å². The first-order valence-corrected chi connectivity index (χ1v) is 6.15. The summed E-state index contributed by atoms with van der Waals surface area (Å²) in [7, 11) is 0. The molecule has 2 aromatic rings. The third-order valence-electron chi connectivity index (χ3n) is 3.08. The number of hydrogen-bond acceptors (Lipinski definition) is 3. The lowest BCUT2D eigenvalue weighted by atomic mass is 10.0. The largest absolute Gasteiger partial charge is 0.485 e. The Morgan fingerprint density at radius 3 is 2.37 bits per heavy atom. The van der Waals surface area contributed by atoms with Crippen LogP contribution in [0.25, 0.3) is 0 Å². The van der Waals surface area contributed by atoms with Gasteiger partial charge in [-0.1, -0.05) is 12.1 Å². The second kappa shape index (κ2) is 5.57. The Morgan fingerprint density at radius 1 is 1.05 bits per heavy atom. The molecule has 0 aliphatic carbocycles. The van der Waals surface area contributed by atoms with Crippen LogP contribution in [0.2, 0.25) is 0 Å². The van der Waals surface area contributed by atoms with Gasteiger partial charge in [0.2, 0.25) is 0 Å². The van der Waals surface area contributed by atoms with E-state index < -0.39 is 0 Å². The lowest BCUT2D eigenvalue weighted by Crippen LogP contribution is -2.11. The molecule has 0 atom stereocenters. The van der Waals surface area contributed by atoms with Crippen LogP contribution in [0.15, 0.2) is 42.5 Å². The first-order valence-electron chi connectivity index (χ1n) is 6.15. The number of carbonyl (C=O) groups excluding carboxylic acids is 1. The number of benzene rings is 2. The van der Waals surface area contributed by atoms with E-state index in [4.69, 9.17) is 10.5 Å². The van der Waals surface area contributed by atoms with Gasteiger partial charge in [-0.15, -0.1) is 0 Å². The summed E-state index contributed by atoms with van der Waals surface area (Å²) in [6.45, 7) is 4.05. The van der Waals surface area contributed by atoms with Crippen molar-refractivity contribution in [3.8, 4) is 5.75 Å². The summed E-state index contributed by atoms with van der Waals surface area (Å²) in [6.07, 6.45) is 0. The molecule has 2 aromatic carbocycles. The number of rotatable bonds is 4. The number of ketones is 1. The van der Waals surface area contributed by atoms with Gasteiger partial charge in [0, 0.05) is 11.3 Å². The van der Waals surface area contributed by atoms with Gasteiger partial charge >= 0.3 is 0 Å². The van der Waals surface area contributed by atoms with Crippen LogP contribution >= 0.6 is 0 Å². The van der Waals surface area contributed by atoms with Gasteiger partial charge in [-0.3, -0.25) is 4.79 Å². The smallest absolute Gasteiger partial charge is 0.200 e. The lowest BCUT2D eigenvalue weighted by Gasteiger charge is -2.07. The first-order chi connectivity index (χ1) is 9.06. The van der Waals surface area contributed by atoms with Crippen LogP contribution < -0.4 is 10.5 Å². The van der Waals surface area contributed by atoms with Crippen LogP contribution in [0, 0.1) is 13.8 Å². The maximum atomic E-state index is 12.0. The Kier molecular flexibility index (Phi) is 3.85. The van der Waals surface area contributed by atoms with Gasteiger partial charge in [0.05, 0.1) is 0 Å². The van der Waals surface area contributed by atoms with Crippen molar-refractivity contribution in [2.45, 2.75) is 13.8 Å². The first kappa shape index (κ1) is 13.1. The quantitative estimate of drug-likeness (QED) is 0.674. The van der Waals surface area contributed by atoms with Crippen LogP contribution in [-0.2, 0) is 0 Å². The van der Waals surface area contributed by atoms with Gasteiger partial charge in [0.1, 0.15) is 5.75 Å². The molecule has 0 aliphatic rings. The van der Waals surface area contributed by atoms with Crippen LogP contribution in [0.4, 0.5) is 5.69 Å². The van der Waals surface area contributed by atoms with Crippen molar-refractivity contribution in [3.63, 3.8) is 0 Å². The lowest BCUT2D eigenvalue weighted by molar-refractivity contribution is 0.0921. The monoisotopic (exact) mass is 255 g/mol. The highest BCUT2D eigenvalue weighted by Crippen LogP contribution is 2.14. The maximum Gasteiger partial charge on any atom is 0.200 e. The number of nitrogens with two attached hydrogens (primary N) is 1. The summed E-state index contributed by atoms with van der Waals surface area (Å²) in [4.78, 5) is 12.0. The maximum absolute atomic E-state index is 12.0. The van der Waals surface area contributed by atoms with Gasteiger partial charge in [0.15, 0.2) is 12.4 Å². The van der Waals surface area contributed by atoms with E-state index in [9.17, 15) is 4.79 Å². The fraction of sp³-hybridized carbons (Fsp3) is 0.188. The average molecular weight is 255 g/mol. The second-order valence-electron chi connectivity index (χ2n) is 4.58. The summed E-state index contributed by atoms with van der Waals surface area (Å²) in [5, 5.41) is 0. The molecule has 0 aromatic heterocycles. The van der Waals surface area contributed by atoms with Gasteiger partial charge < -0.3 is 10.5 Å². The fourth-order valence-corrected chi connectivity index (χ4v) is 1.71. The molecular weight excluding hydrogens is 238 g/mol. The molecule has 0 spiro atoms. The van der Waals surface area contributed by atoms with Crippen molar-refractivity contribution in [3.05, 3.63) is 59.2 Å². The average Bonchev–Trinajstić information content (AvgIpc) is 2.41. The molecule has 0 saturated heterocycles. The minimum Gasteiger partial charge on any atom is -0.485 e. The zero-order chi connectivity index (χ0) is 13.8. The molecule has 0 unspecified atom stereocenters. The van der Waals surface area contributed by atoms with E-state index in [1.54, 1.807) is 24.3 Å². The Balaban J connectivity index is 2.01. The van der Waals surface area contributed by atoms with E-state index >= 15 is 0 Å². The number of aryl methyl sites for hydroxylation is 2. The number of ether oxygens (including phenoxy) is 1. The van der Waals surface area contributed by atoms with Gasteiger partial charge in [-0.25, -0.2) is 0 Å². The van der Waals surface area contributed by atoms with Crippen LogP contribution in [0.5, 0.6) is 5.75 Å². The number of carbonyl (C=O) groups is 1. The zero-order valence-electron chi connectivity index (χ0n) is 11.1. The molecule has 19 heavy (non-hydrogen) atoms. The topological polar surface area (TPSA) is 52.3 Å². The third kappa shape index (κ3) is 3.35. The summed E-state index contributed by atoms with van der Waals surface area (Å²) in [5.41, 5.74) is 9.22. The van der Waals surface area contributed by atoms with Crippen LogP contribution in [0.1, 0.15) is 21.5 Å². The molecule has 2 N–H and O–H groups in total. The Hall–Kier alpha value is -2.29. The molecular formula is C16H17NO2. The third-order valence-corrected chi connectivity index (χ3v) is 3.08. The molecule has 98 valence electrons. The highest BCUT2D eigenvalue weighted by molar-refractivity contribution is 5.97. The van der Waals surface area contributed by atoms with Gasteiger partial charge in [0.25, 0.3) is 0 Å². The normalized spacial score (nSPS) is 10.2. The van der Waals surface area contributed by atoms with E-state index in [1.165, 1.54) is 5.56 Å². The number of anilines is 1. The minimum atomic E-state index is -0.0278. The molecule has 0 bridgehead atoms. The van der Waals surface area contributed by atoms with Gasteiger partial charge in [-0.05, 0) is 55.3 Å². The van der Waals surface area contributed by atoms with Crippen molar-refractivity contribution < 1.29 is 9.53 Å². The summed E-state index contributed by atoms with van der Waals surface area (Å²) >= 11 is 0. The fourth-order valence-electron chi connectivity index (χ4n) is 1.71. The molecule has 2 rings (SSSR count). The van der Waals surface area contributed by atoms with Gasteiger partial charge in [-0.2, -0.15) is 0 Å². The predicted octanol–water partition coefficient (Wildman–Crippen LogP) is 3.15. The van der Waals surface area contributed by atoms with E-state index in [0.29, 0.717) is 17.0 Å². The molecule has 0 aliphatic heterocycles. The van der Waals surface area contributed by atoms with Crippen LogP contribution in [0.3, 0.4) is 0 Å². The SMILES string of the molecule is Cc1ccc(C(=O)COc2ccc(N)cc2)cc1C. The molecule has 0 heterocycles. The van der Waals surface area contributed by atoms with Crippen molar-refractivity contribution in [1.29, 1.82) is 0 Å². The Morgan fingerprint density at radius 2 is 1.74 bits per heavy atom. The number of nitrogen functional groups attached to an aromatic ring is 1. The summed E-state index contributed by atoms with van der Waals surface area (Å²) in [6, 6.07) is 12.7. The number of Topliss-reactive ketones (excluding diaryl/α,β-unsaturated/α-hetero) is 1. The van der Waals surface area contributed by atoms with E-state index in [-0.39, 0.29) is 12.4 Å². The molecule has 0 saturated carbocycles. The molecule has 3 nitrogen and oxygen atoms in total. The zero-order valence-corrected chi connectivity index (χ0v) is 11.1. The van der Waals surface area contributed by atoms with Crippen molar-refractivity contribution in [2.24, 2.45) is 0 Å². The van der Waals surface area contributed by atoms with Crippen molar-refractivity contribution >= 4 is 11.5 Å². The van der Waals surface area contributed by atoms with E-state index in [0.717, 1.165) is 5.56 Å². The minimum absolute atomic E-state index is 0.0278. The highest BCUT2D eigenvalue weighted by atomic mass is 16.5. The molecule has 0 radical (unpaired) electrons. The predicted molar refractivity (Wildman–Crippen MR) is 76.6 cm³/mol. The Bertz CT molecular complexity index is 588. The Labute approximate surface area is 113 Å². The van der Waals surface area contributed by atoms with E-state index in [1.807, 2.05) is 32.0 Å². The summed E-state index contributed by atoms with van der Waals surface area (Å²) < 4.78 is 5.44. The second-order valence-corrected chi connectivity index (χ2v) is 4.58. The highest BCUT2D eigenvalue weighted by Gasteiger charge is 2.07. The number of hydrogen-bond donors (Lipinski definition) is 1. The van der Waals surface area contributed by atoms with Crippen molar-refractivity contribution in [1.82, 2.24) is 0 Å². The molecule has 3 heteroatoms. The summed E-state index contributed by atoms with van der Waals surface area (Å²) in [5.74, 6) is 0.617. The molecule has 0 amide bonds.